The topological polar surface area (TPSA) is 79.2 Å². The van der Waals surface area contributed by atoms with Crippen LogP contribution in [0.4, 0.5) is 0 Å². The number of hydrogen-bond acceptors (Lipinski definition) is 4. The average Bonchev–Trinajstić information content (AvgIpc) is 3.57. The normalized spacial score (nSPS) is 22.5. The number of aromatic nitrogens is 4. The largest absolute Gasteiger partial charge is 0.349 e. The molecular weight excluding hydrogens is 416 g/mol. The van der Waals surface area contributed by atoms with Crippen molar-refractivity contribution in [3.63, 3.8) is 0 Å². The highest BCUT2D eigenvalue weighted by Gasteiger charge is 2.37. The molecule has 2 saturated heterocycles. The molecule has 1 N–H and O–H groups in total. The van der Waals surface area contributed by atoms with Gasteiger partial charge in [-0.3, -0.25) is 19.6 Å². The SMILES string of the molecule is Cn1cccc1-c1cc(C(=O)N2C[C@@H]3C[C@H](C2)c2ccc(CN4CCCC4)c(=O)n2C3)[nH]n1. The molecule has 0 radical (unpaired) electrons. The van der Waals surface area contributed by atoms with Gasteiger partial charge in [0.2, 0.25) is 0 Å². The molecule has 1 amide bonds. The number of nitrogens with one attached hydrogen (secondary N) is 1. The van der Waals surface area contributed by atoms with Gasteiger partial charge in [-0.1, -0.05) is 6.07 Å². The maximum atomic E-state index is 13.3. The van der Waals surface area contributed by atoms with E-state index in [0.29, 0.717) is 31.2 Å². The van der Waals surface area contributed by atoms with Crippen LogP contribution in [0.1, 0.15) is 46.9 Å². The summed E-state index contributed by atoms with van der Waals surface area (Å²) in [5.41, 5.74) is 4.40. The van der Waals surface area contributed by atoms with Gasteiger partial charge in [-0.15, -0.1) is 0 Å². The van der Waals surface area contributed by atoms with Crippen molar-refractivity contribution < 1.29 is 4.79 Å². The van der Waals surface area contributed by atoms with Crippen molar-refractivity contribution in [1.29, 1.82) is 0 Å². The lowest BCUT2D eigenvalue weighted by atomic mass is 9.83. The predicted octanol–water partition coefficient (Wildman–Crippen LogP) is 2.43. The lowest BCUT2D eigenvalue weighted by Gasteiger charge is -2.42. The van der Waals surface area contributed by atoms with Gasteiger partial charge in [-0.2, -0.15) is 5.10 Å². The van der Waals surface area contributed by atoms with Crippen molar-refractivity contribution in [1.82, 2.24) is 29.1 Å². The highest BCUT2D eigenvalue weighted by atomic mass is 16.2. The fourth-order valence-electron chi connectivity index (χ4n) is 5.92. The van der Waals surface area contributed by atoms with Gasteiger partial charge in [-0.25, -0.2) is 0 Å². The van der Waals surface area contributed by atoms with Crippen molar-refractivity contribution in [2.24, 2.45) is 13.0 Å². The van der Waals surface area contributed by atoms with Crippen molar-refractivity contribution in [3.8, 4) is 11.4 Å². The summed E-state index contributed by atoms with van der Waals surface area (Å²) in [6.45, 7) is 4.93. The number of amides is 1. The molecule has 172 valence electrons. The molecule has 33 heavy (non-hydrogen) atoms. The molecule has 8 nitrogen and oxygen atoms in total. The number of nitrogens with zero attached hydrogens (tertiary/aromatic N) is 5. The number of carbonyl (C=O) groups is 1. The molecule has 6 heterocycles. The number of hydrogen-bond donors (Lipinski definition) is 1. The third kappa shape index (κ3) is 3.62. The molecule has 0 saturated carbocycles. The third-order valence-corrected chi connectivity index (χ3v) is 7.58. The maximum Gasteiger partial charge on any atom is 0.271 e. The van der Waals surface area contributed by atoms with Crippen LogP contribution < -0.4 is 5.56 Å². The van der Waals surface area contributed by atoms with E-state index in [1.54, 1.807) is 0 Å². The molecule has 8 heteroatoms. The third-order valence-electron chi connectivity index (χ3n) is 7.58. The summed E-state index contributed by atoms with van der Waals surface area (Å²) in [6.07, 6.45) is 5.45. The standard InChI is InChI=1S/C25H30N6O2/c1-28-8-4-5-23(28)20-12-21(27-26-20)25(33)30-13-17-11-19(16-30)22-7-6-18(24(32)31(22)14-17)15-29-9-2-3-10-29/h4-8,12,17,19H,2-3,9-11,13-16H2,1H3,(H,26,27)/t17-,19+/m0/s1. The molecule has 3 aliphatic rings. The lowest BCUT2D eigenvalue weighted by Crippen LogP contribution is -2.49. The van der Waals surface area contributed by atoms with Crippen LogP contribution in [0, 0.1) is 5.92 Å². The highest BCUT2D eigenvalue weighted by molar-refractivity contribution is 5.93. The van der Waals surface area contributed by atoms with E-state index >= 15 is 0 Å². The zero-order valence-electron chi connectivity index (χ0n) is 19.0. The smallest absolute Gasteiger partial charge is 0.271 e. The summed E-state index contributed by atoms with van der Waals surface area (Å²) < 4.78 is 3.98. The average molecular weight is 447 g/mol. The molecule has 0 unspecified atom stereocenters. The molecular formula is C25H30N6O2. The molecule has 2 fully saturated rings. The summed E-state index contributed by atoms with van der Waals surface area (Å²) in [6, 6.07) is 9.95. The molecule has 3 aliphatic heterocycles. The first-order chi connectivity index (χ1) is 16.1. The van der Waals surface area contributed by atoms with Crippen LogP contribution in [-0.4, -0.2) is 61.2 Å². The van der Waals surface area contributed by atoms with E-state index in [0.717, 1.165) is 48.7 Å². The van der Waals surface area contributed by atoms with Crippen LogP contribution in [0.3, 0.4) is 0 Å². The second-order valence-electron chi connectivity index (χ2n) is 9.86. The zero-order chi connectivity index (χ0) is 22.5. The van der Waals surface area contributed by atoms with E-state index in [1.807, 2.05) is 51.5 Å². The molecule has 0 aromatic carbocycles. The van der Waals surface area contributed by atoms with E-state index in [2.05, 4.69) is 21.2 Å². The number of rotatable bonds is 4. The van der Waals surface area contributed by atoms with Gasteiger partial charge in [0, 0.05) is 56.6 Å². The Morgan fingerprint density at radius 3 is 2.79 bits per heavy atom. The fraction of sp³-hybridized carbons (Fsp3) is 0.480. The lowest BCUT2D eigenvalue weighted by molar-refractivity contribution is 0.0588. The molecule has 0 spiro atoms. The Morgan fingerprint density at radius 1 is 1.15 bits per heavy atom. The highest BCUT2D eigenvalue weighted by Crippen LogP contribution is 2.36. The van der Waals surface area contributed by atoms with Crippen molar-refractivity contribution in [2.45, 2.75) is 38.3 Å². The predicted molar refractivity (Wildman–Crippen MR) is 125 cm³/mol. The monoisotopic (exact) mass is 446 g/mol. The van der Waals surface area contributed by atoms with Gasteiger partial charge in [-0.05, 0) is 62.5 Å². The van der Waals surface area contributed by atoms with Crippen LogP contribution in [-0.2, 0) is 20.1 Å². The van der Waals surface area contributed by atoms with Crippen molar-refractivity contribution in [2.75, 3.05) is 26.2 Å². The number of piperidine rings is 1. The van der Waals surface area contributed by atoms with Gasteiger partial charge in [0.25, 0.3) is 11.5 Å². The van der Waals surface area contributed by atoms with Crippen LogP contribution in [0.5, 0.6) is 0 Å². The fourth-order valence-corrected chi connectivity index (χ4v) is 5.92. The minimum Gasteiger partial charge on any atom is -0.349 e. The Labute approximate surface area is 192 Å². The zero-order valence-corrected chi connectivity index (χ0v) is 19.0. The number of aromatic amines is 1. The summed E-state index contributed by atoms with van der Waals surface area (Å²) in [4.78, 5) is 30.9. The number of likely N-dealkylation sites (tertiary alicyclic amines) is 2. The molecule has 2 atom stereocenters. The summed E-state index contributed by atoms with van der Waals surface area (Å²) >= 11 is 0. The van der Waals surface area contributed by atoms with E-state index in [9.17, 15) is 9.59 Å². The first kappa shape index (κ1) is 20.5. The first-order valence-corrected chi connectivity index (χ1v) is 12.0. The quantitative estimate of drug-likeness (QED) is 0.668. The van der Waals surface area contributed by atoms with Crippen molar-refractivity contribution in [3.05, 3.63) is 63.8 Å². The van der Waals surface area contributed by atoms with Gasteiger partial charge < -0.3 is 14.0 Å². The molecule has 0 aliphatic carbocycles. The Hall–Kier alpha value is -3.13. The number of fused-ring (bicyclic) bond motifs is 4. The van der Waals surface area contributed by atoms with Crippen LogP contribution in [0.2, 0.25) is 0 Å². The molecule has 6 rings (SSSR count). The minimum atomic E-state index is -0.0147. The molecule has 3 aromatic heterocycles. The molecule has 2 bridgehead atoms. The number of carbonyl (C=O) groups excluding carboxylic acids is 1. The van der Waals surface area contributed by atoms with Crippen LogP contribution in [0.15, 0.2) is 41.3 Å². The van der Waals surface area contributed by atoms with Gasteiger partial charge in [0.15, 0.2) is 0 Å². The number of pyridine rings is 1. The Kier molecular flexibility index (Phi) is 4.98. The van der Waals surface area contributed by atoms with Gasteiger partial charge in [0.05, 0.1) is 5.69 Å². The summed E-state index contributed by atoms with van der Waals surface area (Å²) in [5.74, 6) is 0.486. The second kappa shape index (κ2) is 8.02. The van der Waals surface area contributed by atoms with E-state index in [1.165, 1.54) is 12.8 Å². The van der Waals surface area contributed by atoms with Crippen molar-refractivity contribution >= 4 is 5.91 Å². The summed E-state index contributed by atoms with van der Waals surface area (Å²) in [7, 11) is 1.97. The Morgan fingerprint density at radius 2 is 2.00 bits per heavy atom. The van der Waals surface area contributed by atoms with E-state index < -0.39 is 0 Å². The van der Waals surface area contributed by atoms with Gasteiger partial charge >= 0.3 is 0 Å². The van der Waals surface area contributed by atoms with Gasteiger partial charge in [0.1, 0.15) is 11.4 Å². The second-order valence-corrected chi connectivity index (χ2v) is 9.86. The first-order valence-electron chi connectivity index (χ1n) is 12.0. The maximum absolute atomic E-state index is 13.3. The number of H-pyrrole nitrogens is 1. The Balaban J connectivity index is 1.22. The minimum absolute atomic E-state index is 0.0147. The Bertz CT molecular complexity index is 1250. The van der Waals surface area contributed by atoms with Crippen LogP contribution in [0.25, 0.3) is 11.4 Å². The van der Waals surface area contributed by atoms with Crippen LogP contribution >= 0.6 is 0 Å². The van der Waals surface area contributed by atoms with E-state index in [4.69, 9.17) is 0 Å². The summed E-state index contributed by atoms with van der Waals surface area (Å²) in [5, 5.41) is 7.30. The van der Waals surface area contributed by atoms with E-state index in [-0.39, 0.29) is 17.4 Å². The number of aryl methyl sites for hydroxylation is 1. The molecule has 3 aromatic rings.